The largest absolute Gasteiger partial charge is 0.480 e. The number of aromatic amines is 1. The molecular weight excluding hydrogens is 302 g/mol. The van der Waals surface area contributed by atoms with Crippen LogP contribution in [0.25, 0.3) is 10.9 Å². The summed E-state index contributed by atoms with van der Waals surface area (Å²) in [6.45, 7) is 0. The zero-order valence-electron chi connectivity index (χ0n) is 6.64. The molecule has 0 amide bonds. The first-order valence-electron chi connectivity index (χ1n) is 3.46. The second-order valence-corrected chi connectivity index (χ2v) is 4.02. The number of hydrogen-bond donors (Lipinski definition) is 1. The first-order valence-corrected chi connectivity index (χ1v) is 5.04. The van der Waals surface area contributed by atoms with Crippen molar-refractivity contribution in [1.82, 2.24) is 15.2 Å². The van der Waals surface area contributed by atoms with Crippen LogP contribution in [-0.4, -0.2) is 22.3 Å². The van der Waals surface area contributed by atoms with Crippen LogP contribution in [-0.2, 0) is 0 Å². The second kappa shape index (κ2) is 3.26. The van der Waals surface area contributed by atoms with E-state index in [0.29, 0.717) is 5.88 Å². The standard InChI is InChI=1S/C7H5Br2N3O/c1-13-7-4-5(3(8)2-10-7)11-12-6(4)9/h2H,1H3,(H,11,12). The molecule has 68 valence electrons. The summed E-state index contributed by atoms with van der Waals surface area (Å²) in [5, 5.41) is 7.74. The Balaban J connectivity index is 2.88. The second-order valence-electron chi connectivity index (χ2n) is 2.38. The number of H-pyrrole nitrogens is 1. The summed E-state index contributed by atoms with van der Waals surface area (Å²) in [7, 11) is 1.58. The normalized spacial score (nSPS) is 10.7. The molecule has 0 saturated carbocycles. The van der Waals surface area contributed by atoms with Crippen LogP contribution in [0.5, 0.6) is 5.88 Å². The molecular formula is C7H5Br2N3O. The maximum Gasteiger partial charge on any atom is 0.225 e. The van der Waals surface area contributed by atoms with Gasteiger partial charge in [-0.1, -0.05) is 0 Å². The number of pyridine rings is 1. The van der Waals surface area contributed by atoms with E-state index < -0.39 is 0 Å². The van der Waals surface area contributed by atoms with Crippen molar-refractivity contribution in [2.75, 3.05) is 7.11 Å². The van der Waals surface area contributed by atoms with Crippen molar-refractivity contribution in [3.8, 4) is 5.88 Å². The lowest BCUT2D eigenvalue weighted by Crippen LogP contribution is -1.88. The molecule has 0 saturated heterocycles. The average Bonchev–Trinajstić information content (AvgIpc) is 2.51. The van der Waals surface area contributed by atoms with E-state index in [1.807, 2.05) is 0 Å². The fourth-order valence-electron chi connectivity index (χ4n) is 1.08. The monoisotopic (exact) mass is 305 g/mol. The van der Waals surface area contributed by atoms with Crippen LogP contribution in [0.15, 0.2) is 15.3 Å². The van der Waals surface area contributed by atoms with E-state index in [-0.39, 0.29) is 0 Å². The van der Waals surface area contributed by atoms with Gasteiger partial charge in [0.2, 0.25) is 5.88 Å². The summed E-state index contributed by atoms with van der Waals surface area (Å²) in [6, 6.07) is 0. The predicted molar refractivity (Wildman–Crippen MR) is 55.8 cm³/mol. The van der Waals surface area contributed by atoms with E-state index >= 15 is 0 Å². The van der Waals surface area contributed by atoms with Crippen molar-refractivity contribution in [3.05, 3.63) is 15.3 Å². The van der Waals surface area contributed by atoms with Gasteiger partial charge in [0.1, 0.15) is 10.1 Å². The fraction of sp³-hybridized carbons (Fsp3) is 0.143. The number of nitrogens with zero attached hydrogens (tertiary/aromatic N) is 2. The van der Waals surface area contributed by atoms with Gasteiger partial charge in [-0.25, -0.2) is 4.98 Å². The lowest BCUT2D eigenvalue weighted by Gasteiger charge is -2.00. The van der Waals surface area contributed by atoms with Crippen molar-refractivity contribution in [3.63, 3.8) is 0 Å². The summed E-state index contributed by atoms with van der Waals surface area (Å²) < 4.78 is 6.71. The van der Waals surface area contributed by atoms with Gasteiger partial charge in [-0.3, -0.25) is 5.10 Å². The third-order valence-electron chi connectivity index (χ3n) is 1.65. The molecule has 0 unspecified atom stereocenters. The molecule has 0 bridgehead atoms. The number of rotatable bonds is 1. The lowest BCUT2D eigenvalue weighted by atomic mass is 10.3. The van der Waals surface area contributed by atoms with Gasteiger partial charge in [0.05, 0.1) is 17.0 Å². The average molecular weight is 307 g/mol. The zero-order valence-corrected chi connectivity index (χ0v) is 9.81. The van der Waals surface area contributed by atoms with Crippen molar-refractivity contribution >= 4 is 42.8 Å². The number of hydrogen-bond acceptors (Lipinski definition) is 3. The predicted octanol–water partition coefficient (Wildman–Crippen LogP) is 2.49. The molecule has 0 radical (unpaired) electrons. The lowest BCUT2D eigenvalue weighted by molar-refractivity contribution is 0.403. The molecule has 2 rings (SSSR count). The number of methoxy groups -OCH3 is 1. The van der Waals surface area contributed by atoms with E-state index in [9.17, 15) is 0 Å². The fourth-order valence-corrected chi connectivity index (χ4v) is 1.92. The van der Waals surface area contributed by atoms with E-state index in [1.165, 1.54) is 0 Å². The van der Waals surface area contributed by atoms with Crippen molar-refractivity contribution < 1.29 is 4.74 Å². The Morgan fingerprint density at radius 1 is 1.46 bits per heavy atom. The van der Waals surface area contributed by atoms with Crippen molar-refractivity contribution in [2.24, 2.45) is 0 Å². The highest BCUT2D eigenvalue weighted by Gasteiger charge is 2.12. The van der Waals surface area contributed by atoms with Gasteiger partial charge in [-0.05, 0) is 31.9 Å². The summed E-state index contributed by atoms with van der Waals surface area (Å²) in [5.74, 6) is 0.554. The molecule has 0 aliphatic carbocycles. The molecule has 0 aliphatic rings. The smallest absolute Gasteiger partial charge is 0.225 e. The Labute approximate surface area is 90.9 Å². The van der Waals surface area contributed by atoms with Crippen LogP contribution < -0.4 is 4.74 Å². The Morgan fingerprint density at radius 3 is 2.92 bits per heavy atom. The van der Waals surface area contributed by atoms with Gasteiger partial charge in [0, 0.05) is 6.20 Å². The van der Waals surface area contributed by atoms with Crippen LogP contribution in [0.4, 0.5) is 0 Å². The highest BCUT2D eigenvalue weighted by Crippen LogP contribution is 2.32. The maximum absolute atomic E-state index is 5.10. The van der Waals surface area contributed by atoms with Crippen LogP contribution >= 0.6 is 31.9 Å². The quantitative estimate of drug-likeness (QED) is 0.880. The van der Waals surface area contributed by atoms with Crippen LogP contribution in [0.2, 0.25) is 0 Å². The van der Waals surface area contributed by atoms with E-state index in [4.69, 9.17) is 4.74 Å². The van der Waals surface area contributed by atoms with Gasteiger partial charge >= 0.3 is 0 Å². The molecule has 0 spiro atoms. The minimum atomic E-state index is 0.554. The third kappa shape index (κ3) is 1.34. The molecule has 13 heavy (non-hydrogen) atoms. The highest BCUT2D eigenvalue weighted by atomic mass is 79.9. The van der Waals surface area contributed by atoms with E-state index in [1.54, 1.807) is 13.3 Å². The molecule has 6 heteroatoms. The topological polar surface area (TPSA) is 50.8 Å². The Kier molecular flexibility index (Phi) is 2.25. The van der Waals surface area contributed by atoms with Crippen molar-refractivity contribution in [2.45, 2.75) is 0 Å². The molecule has 2 aromatic heterocycles. The Hall–Kier alpha value is -0.620. The zero-order chi connectivity index (χ0) is 9.42. The van der Waals surface area contributed by atoms with Crippen molar-refractivity contribution in [1.29, 1.82) is 0 Å². The first-order chi connectivity index (χ1) is 6.24. The minimum absolute atomic E-state index is 0.554. The Bertz CT molecular complexity index is 454. The molecule has 0 aromatic carbocycles. The molecule has 2 aromatic rings. The summed E-state index contributed by atoms with van der Waals surface area (Å²) in [4.78, 5) is 4.10. The Morgan fingerprint density at radius 2 is 2.23 bits per heavy atom. The molecule has 4 nitrogen and oxygen atoms in total. The highest BCUT2D eigenvalue weighted by molar-refractivity contribution is 9.11. The van der Waals surface area contributed by atoms with Gasteiger partial charge in [-0.15, -0.1) is 0 Å². The van der Waals surface area contributed by atoms with E-state index in [2.05, 4.69) is 47.0 Å². The van der Waals surface area contributed by atoms with E-state index in [0.717, 1.165) is 20.0 Å². The SMILES string of the molecule is COc1ncc(Br)c2n[nH]c(Br)c12. The summed E-state index contributed by atoms with van der Waals surface area (Å²) in [5.41, 5.74) is 0.804. The molecule has 0 atom stereocenters. The summed E-state index contributed by atoms with van der Waals surface area (Å²) >= 11 is 6.69. The summed E-state index contributed by atoms with van der Waals surface area (Å²) in [6.07, 6.45) is 1.66. The van der Waals surface area contributed by atoms with Gasteiger partial charge in [0.25, 0.3) is 0 Å². The van der Waals surface area contributed by atoms with Crippen LogP contribution in [0, 0.1) is 0 Å². The van der Waals surface area contributed by atoms with Crippen LogP contribution in [0.3, 0.4) is 0 Å². The molecule has 2 heterocycles. The first kappa shape index (κ1) is 8.96. The number of ether oxygens (including phenoxy) is 1. The van der Waals surface area contributed by atoms with Crippen LogP contribution in [0.1, 0.15) is 0 Å². The number of nitrogens with one attached hydrogen (secondary N) is 1. The number of fused-ring (bicyclic) bond motifs is 1. The third-order valence-corrected chi connectivity index (χ3v) is 2.80. The number of halogens is 2. The van der Waals surface area contributed by atoms with Gasteiger partial charge < -0.3 is 4.74 Å². The van der Waals surface area contributed by atoms with Gasteiger partial charge in [-0.2, -0.15) is 5.10 Å². The number of aromatic nitrogens is 3. The molecule has 1 N–H and O–H groups in total. The minimum Gasteiger partial charge on any atom is -0.480 e. The van der Waals surface area contributed by atoms with Gasteiger partial charge in [0.15, 0.2) is 0 Å². The molecule has 0 aliphatic heterocycles. The molecule has 0 fully saturated rings. The maximum atomic E-state index is 5.10.